The molecule has 1 aromatic carbocycles. The van der Waals surface area contributed by atoms with E-state index in [1.54, 1.807) is 12.1 Å². The van der Waals surface area contributed by atoms with Gasteiger partial charge in [-0.2, -0.15) is 0 Å². The first-order chi connectivity index (χ1) is 11.5. The Balaban J connectivity index is 1.57. The molecule has 3 rings (SSSR count). The minimum absolute atomic E-state index is 0.00805. The molecule has 2 heterocycles. The lowest BCUT2D eigenvalue weighted by Gasteiger charge is -2.10. The lowest BCUT2D eigenvalue weighted by atomic mass is 10.0. The number of hydrogen-bond acceptors (Lipinski definition) is 5. The van der Waals surface area contributed by atoms with Crippen LogP contribution in [-0.2, 0) is 9.53 Å². The van der Waals surface area contributed by atoms with E-state index in [0.29, 0.717) is 17.9 Å². The van der Waals surface area contributed by atoms with Crippen molar-refractivity contribution < 1.29 is 18.7 Å². The highest BCUT2D eigenvalue weighted by molar-refractivity contribution is 5.77. The van der Waals surface area contributed by atoms with Crippen LogP contribution in [0.15, 0.2) is 51.2 Å². The van der Waals surface area contributed by atoms with Gasteiger partial charge in [0.25, 0.3) is 0 Å². The van der Waals surface area contributed by atoms with Gasteiger partial charge in [0.05, 0.1) is 5.92 Å². The summed E-state index contributed by atoms with van der Waals surface area (Å²) in [5, 5.41) is 0.853. The average Bonchev–Trinajstić information content (AvgIpc) is 2.84. The number of esters is 1. The topological polar surface area (TPSA) is 65.7 Å². The highest BCUT2D eigenvalue weighted by atomic mass is 16.5. The summed E-state index contributed by atoms with van der Waals surface area (Å²) in [4.78, 5) is 22.7. The summed E-state index contributed by atoms with van der Waals surface area (Å²) in [5.41, 5.74) is 1.25. The van der Waals surface area contributed by atoms with E-state index in [0.717, 1.165) is 23.8 Å². The molecule has 5 heteroatoms. The zero-order chi connectivity index (χ0) is 17.1. The average molecular weight is 328 g/mol. The van der Waals surface area contributed by atoms with Crippen LogP contribution >= 0.6 is 0 Å². The molecular weight excluding hydrogens is 308 g/mol. The molecule has 0 radical (unpaired) electrons. The Kier molecular flexibility index (Phi) is 4.69. The number of rotatable bonds is 5. The summed E-state index contributed by atoms with van der Waals surface area (Å²) >= 11 is 0. The maximum atomic E-state index is 11.4. The molecule has 0 amide bonds. The highest BCUT2D eigenvalue weighted by Gasteiger charge is 2.30. The second-order valence-electron chi connectivity index (χ2n) is 6.22. The van der Waals surface area contributed by atoms with Gasteiger partial charge in [0.1, 0.15) is 24.0 Å². The van der Waals surface area contributed by atoms with Gasteiger partial charge in [0.2, 0.25) is 0 Å². The molecule has 0 N–H and O–H groups in total. The van der Waals surface area contributed by atoms with Crippen LogP contribution in [0.25, 0.3) is 11.0 Å². The van der Waals surface area contributed by atoms with E-state index in [-0.39, 0.29) is 23.6 Å². The maximum absolute atomic E-state index is 11.4. The standard InChI is InChI=1S/C19H20O5/c1-12(9-16-10-13(2)19(21)23-16)7-8-22-15-5-3-14-4-6-18(20)24-17(14)11-15/h3-7,11,13,16H,8-10H2,1-2H3. The lowest BCUT2D eigenvalue weighted by molar-refractivity contribution is -0.143. The van der Waals surface area contributed by atoms with Gasteiger partial charge in [-0.25, -0.2) is 4.79 Å². The van der Waals surface area contributed by atoms with Crippen molar-refractivity contribution >= 4 is 16.9 Å². The first kappa shape index (κ1) is 16.3. The van der Waals surface area contributed by atoms with Crippen LogP contribution in [0.1, 0.15) is 26.7 Å². The smallest absolute Gasteiger partial charge is 0.336 e. The maximum Gasteiger partial charge on any atom is 0.336 e. The van der Waals surface area contributed by atoms with Gasteiger partial charge in [-0.3, -0.25) is 4.79 Å². The lowest BCUT2D eigenvalue weighted by Crippen LogP contribution is -2.07. The van der Waals surface area contributed by atoms with Crippen molar-refractivity contribution in [1.29, 1.82) is 0 Å². The van der Waals surface area contributed by atoms with Crippen molar-refractivity contribution in [3.63, 3.8) is 0 Å². The fourth-order valence-corrected chi connectivity index (χ4v) is 2.80. The second-order valence-corrected chi connectivity index (χ2v) is 6.22. The Bertz CT molecular complexity index is 833. The molecule has 0 spiro atoms. The Labute approximate surface area is 139 Å². The molecule has 2 unspecified atom stereocenters. The van der Waals surface area contributed by atoms with Crippen LogP contribution in [0, 0.1) is 5.92 Å². The third kappa shape index (κ3) is 3.85. The molecule has 1 aromatic heterocycles. The van der Waals surface area contributed by atoms with Crippen molar-refractivity contribution in [1.82, 2.24) is 0 Å². The van der Waals surface area contributed by atoms with E-state index in [2.05, 4.69) is 0 Å². The first-order valence-electron chi connectivity index (χ1n) is 8.04. The summed E-state index contributed by atoms with van der Waals surface area (Å²) in [6, 6.07) is 8.51. The van der Waals surface area contributed by atoms with Gasteiger partial charge in [-0.1, -0.05) is 12.5 Å². The summed E-state index contributed by atoms with van der Waals surface area (Å²) in [6.07, 6.45) is 3.45. The molecule has 1 aliphatic heterocycles. The molecule has 0 saturated carbocycles. The Morgan fingerprint density at radius 2 is 2.08 bits per heavy atom. The molecule has 24 heavy (non-hydrogen) atoms. The van der Waals surface area contributed by atoms with Crippen LogP contribution in [0.5, 0.6) is 5.75 Å². The van der Waals surface area contributed by atoms with E-state index in [1.165, 1.54) is 6.07 Å². The number of cyclic esters (lactones) is 1. The Morgan fingerprint density at radius 3 is 2.83 bits per heavy atom. The van der Waals surface area contributed by atoms with Gasteiger partial charge in [0.15, 0.2) is 0 Å². The van der Waals surface area contributed by atoms with Crippen molar-refractivity contribution in [3.8, 4) is 5.75 Å². The minimum atomic E-state index is -0.379. The van der Waals surface area contributed by atoms with Crippen molar-refractivity contribution in [2.45, 2.75) is 32.8 Å². The molecule has 2 atom stereocenters. The molecule has 0 bridgehead atoms. The van der Waals surface area contributed by atoms with Crippen LogP contribution < -0.4 is 10.4 Å². The third-order valence-electron chi connectivity index (χ3n) is 4.13. The Morgan fingerprint density at radius 1 is 1.29 bits per heavy atom. The molecular formula is C19H20O5. The van der Waals surface area contributed by atoms with E-state index in [4.69, 9.17) is 13.9 Å². The Hall–Kier alpha value is -2.56. The fourth-order valence-electron chi connectivity index (χ4n) is 2.80. The molecule has 2 aromatic rings. The van der Waals surface area contributed by atoms with E-state index >= 15 is 0 Å². The van der Waals surface area contributed by atoms with E-state index in [1.807, 2.05) is 32.1 Å². The predicted molar refractivity (Wildman–Crippen MR) is 90.0 cm³/mol. The molecule has 0 aliphatic carbocycles. The van der Waals surface area contributed by atoms with Gasteiger partial charge in [-0.05, 0) is 37.6 Å². The van der Waals surface area contributed by atoms with E-state index < -0.39 is 0 Å². The largest absolute Gasteiger partial charge is 0.489 e. The quantitative estimate of drug-likeness (QED) is 0.478. The number of hydrogen-bond donors (Lipinski definition) is 0. The number of fused-ring (bicyclic) bond motifs is 1. The monoisotopic (exact) mass is 328 g/mol. The molecule has 5 nitrogen and oxygen atoms in total. The number of carbonyl (C=O) groups excluding carboxylic acids is 1. The van der Waals surface area contributed by atoms with Gasteiger partial charge < -0.3 is 13.9 Å². The first-order valence-corrected chi connectivity index (χ1v) is 8.04. The van der Waals surface area contributed by atoms with Crippen LogP contribution in [0.3, 0.4) is 0 Å². The fraction of sp³-hybridized carbons (Fsp3) is 0.368. The normalized spacial score (nSPS) is 21.1. The van der Waals surface area contributed by atoms with Crippen LogP contribution in [0.4, 0.5) is 0 Å². The summed E-state index contributed by atoms with van der Waals surface area (Å²) in [5.74, 6) is 0.523. The van der Waals surface area contributed by atoms with Crippen molar-refractivity contribution in [2.75, 3.05) is 6.61 Å². The molecule has 126 valence electrons. The zero-order valence-corrected chi connectivity index (χ0v) is 13.8. The zero-order valence-electron chi connectivity index (χ0n) is 13.8. The minimum Gasteiger partial charge on any atom is -0.489 e. The summed E-state index contributed by atoms with van der Waals surface area (Å²) < 4.78 is 16.1. The summed E-state index contributed by atoms with van der Waals surface area (Å²) in [7, 11) is 0. The molecule has 1 fully saturated rings. The molecule has 1 saturated heterocycles. The van der Waals surface area contributed by atoms with Crippen molar-refractivity contribution in [2.24, 2.45) is 5.92 Å². The number of ether oxygens (including phenoxy) is 2. The predicted octanol–water partition coefficient (Wildman–Crippen LogP) is 3.46. The second kappa shape index (κ2) is 6.91. The summed E-state index contributed by atoms with van der Waals surface area (Å²) in [6.45, 7) is 4.30. The van der Waals surface area contributed by atoms with E-state index in [9.17, 15) is 9.59 Å². The van der Waals surface area contributed by atoms with Crippen LogP contribution in [0.2, 0.25) is 0 Å². The van der Waals surface area contributed by atoms with Gasteiger partial charge in [-0.15, -0.1) is 0 Å². The number of carbonyl (C=O) groups is 1. The number of benzene rings is 1. The third-order valence-corrected chi connectivity index (χ3v) is 4.13. The highest BCUT2D eigenvalue weighted by Crippen LogP contribution is 2.25. The van der Waals surface area contributed by atoms with Crippen LogP contribution in [-0.4, -0.2) is 18.7 Å². The molecule has 1 aliphatic rings. The SMILES string of the molecule is CC(=CCOc1ccc2ccc(=O)oc2c1)CC1CC(C)C(=O)O1. The van der Waals surface area contributed by atoms with Gasteiger partial charge >= 0.3 is 11.6 Å². The van der Waals surface area contributed by atoms with Crippen molar-refractivity contribution in [3.05, 3.63) is 52.4 Å². The van der Waals surface area contributed by atoms with Gasteiger partial charge in [0, 0.05) is 23.9 Å².